The monoisotopic (exact) mass is 346 g/mol. The average molecular weight is 346 g/mol. The number of allylic oxidation sites excluding steroid dienone is 4. The molecule has 5 nitrogen and oxygen atoms in total. The molecule has 4 unspecified atom stereocenters. The molecule has 4 aliphatic rings. The summed E-state index contributed by atoms with van der Waals surface area (Å²) >= 11 is 0. The number of ketones is 1. The van der Waals surface area contributed by atoms with Crippen LogP contribution in [-0.2, 0) is 9.59 Å². The Hall–Kier alpha value is -1.46. The lowest BCUT2D eigenvalue weighted by Gasteiger charge is -2.59. The highest BCUT2D eigenvalue weighted by molar-refractivity contribution is 6.01. The Labute approximate surface area is 147 Å². The molecule has 7 atom stereocenters. The van der Waals surface area contributed by atoms with Gasteiger partial charge in [-0.1, -0.05) is 25.5 Å². The maximum atomic E-state index is 11.8. The third-order valence-electron chi connectivity index (χ3n) is 8.00. The average Bonchev–Trinajstić information content (AvgIpc) is 2.80. The molecule has 0 aromatic heterocycles. The summed E-state index contributed by atoms with van der Waals surface area (Å²) in [6.45, 7) is 3.93. The molecular formula is C20H26O5. The first-order chi connectivity index (χ1) is 11.6. The van der Waals surface area contributed by atoms with Crippen molar-refractivity contribution < 1.29 is 24.9 Å². The van der Waals surface area contributed by atoms with E-state index in [9.17, 15) is 24.9 Å². The number of carboxylic acids is 1. The molecule has 0 aromatic carbocycles. The van der Waals surface area contributed by atoms with Crippen LogP contribution in [0.5, 0.6) is 0 Å². The Kier molecular flexibility index (Phi) is 3.42. The van der Waals surface area contributed by atoms with E-state index in [1.807, 2.05) is 13.0 Å². The van der Waals surface area contributed by atoms with Gasteiger partial charge < -0.3 is 15.3 Å². The normalized spacial score (nSPS) is 51.4. The van der Waals surface area contributed by atoms with Crippen LogP contribution in [-0.4, -0.2) is 38.8 Å². The minimum Gasteiger partial charge on any atom is -0.479 e. The van der Waals surface area contributed by atoms with Crippen LogP contribution in [0.3, 0.4) is 0 Å². The Bertz CT molecular complexity index is 709. The van der Waals surface area contributed by atoms with Gasteiger partial charge in [0, 0.05) is 16.7 Å². The minimum absolute atomic E-state index is 0.00202. The molecule has 0 bridgehead atoms. The molecule has 5 heteroatoms. The molecule has 0 aromatic rings. The van der Waals surface area contributed by atoms with E-state index >= 15 is 0 Å². The van der Waals surface area contributed by atoms with Crippen LogP contribution in [0.2, 0.25) is 0 Å². The van der Waals surface area contributed by atoms with E-state index in [2.05, 4.69) is 6.92 Å². The molecule has 4 aliphatic carbocycles. The zero-order valence-electron chi connectivity index (χ0n) is 14.7. The molecule has 4 rings (SSSR count). The Morgan fingerprint density at radius 1 is 1.28 bits per heavy atom. The van der Waals surface area contributed by atoms with Crippen molar-refractivity contribution in [2.24, 2.45) is 28.6 Å². The number of hydrogen-bond acceptors (Lipinski definition) is 4. The lowest BCUT2D eigenvalue weighted by molar-refractivity contribution is -0.192. The van der Waals surface area contributed by atoms with Crippen LogP contribution in [0, 0.1) is 28.6 Å². The highest BCUT2D eigenvalue weighted by Crippen LogP contribution is 2.66. The fourth-order valence-corrected chi connectivity index (χ4v) is 6.68. The summed E-state index contributed by atoms with van der Waals surface area (Å²) in [4.78, 5) is 23.6. The first-order valence-electron chi connectivity index (χ1n) is 9.21. The van der Waals surface area contributed by atoms with Gasteiger partial charge in [-0.2, -0.15) is 0 Å². The van der Waals surface area contributed by atoms with Crippen LogP contribution in [0.1, 0.15) is 46.0 Å². The number of aliphatic carboxylic acids is 1. The molecule has 3 fully saturated rings. The lowest BCUT2D eigenvalue weighted by atomic mass is 9.46. The van der Waals surface area contributed by atoms with Crippen LogP contribution in [0.4, 0.5) is 0 Å². The summed E-state index contributed by atoms with van der Waals surface area (Å²) in [6, 6.07) is 0. The molecule has 0 spiro atoms. The van der Waals surface area contributed by atoms with E-state index in [0.29, 0.717) is 6.42 Å². The van der Waals surface area contributed by atoms with E-state index < -0.39 is 23.1 Å². The number of carboxylic acid groups (broad SMARTS) is 1. The summed E-state index contributed by atoms with van der Waals surface area (Å²) < 4.78 is 0. The largest absolute Gasteiger partial charge is 0.479 e. The smallest absolute Gasteiger partial charge is 0.336 e. The van der Waals surface area contributed by atoms with E-state index in [4.69, 9.17) is 0 Å². The second kappa shape index (κ2) is 5.04. The van der Waals surface area contributed by atoms with Gasteiger partial charge in [-0.05, 0) is 56.1 Å². The Morgan fingerprint density at radius 3 is 2.68 bits per heavy atom. The third kappa shape index (κ3) is 1.97. The van der Waals surface area contributed by atoms with Crippen molar-refractivity contribution in [1.82, 2.24) is 0 Å². The zero-order valence-corrected chi connectivity index (χ0v) is 14.7. The molecule has 0 radical (unpaired) electrons. The van der Waals surface area contributed by atoms with Gasteiger partial charge in [0.25, 0.3) is 0 Å². The number of aliphatic hydroxyl groups excluding tert-OH is 1. The predicted octanol–water partition coefficient (Wildman–Crippen LogP) is 2.08. The molecule has 25 heavy (non-hydrogen) atoms. The molecule has 3 saturated carbocycles. The van der Waals surface area contributed by atoms with Gasteiger partial charge in [-0.3, -0.25) is 4.79 Å². The van der Waals surface area contributed by atoms with Crippen LogP contribution in [0.15, 0.2) is 23.8 Å². The topological polar surface area (TPSA) is 94.8 Å². The number of carbonyl (C=O) groups excluding carboxylic acids is 1. The second-order valence-corrected chi connectivity index (χ2v) is 8.92. The maximum Gasteiger partial charge on any atom is 0.336 e. The number of carbonyl (C=O) groups is 2. The van der Waals surface area contributed by atoms with Crippen molar-refractivity contribution >= 4 is 11.8 Å². The van der Waals surface area contributed by atoms with Crippen molar-refractivity contribution in [2.45, 2.75) is 57.7 Å². The van der Waals surface area contributed by atoms with Crippen molar-refractivity contribution in [2.75, 3.05) is 0 Å². The number of hydrogen-bond donors (Lipinski definition) is 3. The molecule has 0 saturated heterocycles. The SMILES string of the molecule is C[C@]12C=CC(=O)C=C1CCC1C2C(O)C[C@@]2(C)C1CC[C@]2(O)C(=O)O. The summed E-state index contributed by atoms with van der Waals surface area (Å²) in [5.74, 6) is -0.976. The first-order valence-corrected chi connectivity index (χ1v) is 9.21. The number of fused-ring (bicyclic) bond motifs is 5. The fraction of sp³-hybridized carbons (Fsp3) is 0.700. The molecule has 136 valence electrons. The van der Waals surface area contributed by atoms with Gasteiger partial charge in [0.15, 0.2) is 11.4 Å². The van der Waals surface area contributed by atoms with Crippen molar-refractivity contribution in [3.63, 3.8) is 0 Å². The van der Waals surface area contributed by atoms with Gasteiger partial charge in [-0.25, -0.2) is 4.79 Å². The summed E-state index contributed by atoms with van der Waals surface area (Å²) in [5, 5.41) is 31.6. The number of rotatable bonds is 1. The first kappa shape index (κ1) is 17.0. The third-order valence-corrected chi connectivity index (χ3v) is 8.00. The molecule has 0 aliphatic heterocycles. The quantitative estimate of drug-likeness (QED) is 0.676. The van der Waals surface area contributed by atoms with E-state index in [1.54, 1.807) is 12.2 Å². The number of aliphatic hydroxyl groups is 2. The van der Waals surface area contributed by atoms with Gasteiger partial charge in [-0.15, -0.1) is 0 Å². The maximum absolute atomic E-state index is 11.8. The predicted molar refractivity (Wildman–Crippen MR) is 90.6 cm³/mol. The second-order valence-electron chi connectivity index (χ2n) is 8.92. The summed E-state index contributed by atoms with van der Waals surface area (Å²) in [6.07, 6.45) is 7.37. The Morgan fingerprint density at radius 2 is 2.00 bits per heavy atom. The van der Waals surface area contributed by atoms with Crippen molar-refractivity contribution in [3.8, 4) is 0 Å². The lowest BCUT2D eigenvalue weighted by Crippen LogP contribution is -2.61. The van der Waals surface area contributed by atoms with E-state index in [0.717, 1.165) is 18.4 Å². The summed E-state index contributed by atoms with van der Waals surface area (Å²) in [7, 11) is 0. The molecule has 0 amide bonds. The van der Waals surface area contributed by atoms with Gasteiger partial charge in [0.05, 0.1) is 6.10 Å². The molecule has 0 heterocycles. The van der Waals surface area contributed by atoms with Crippen molar-refractivity contribution in [3.05, 3.63) is 23.8 Å². The van der Waals surface area contributed by atoms with E-state index in [1.165, 1.54) is 0 Å². The van der Waals surface area contributed by atoms with Gasteiger partial charge in [0.2, 0.25) is 0 Å². The Balaban J connectivity index is 1.76. The standard InChI is InChI=1S/C20H26O5/c1-18-7-5-12(21)9-11(18)3-4-13-14-6-8-20(25,17(23)24)19(14,2)10-15(22)16(13)18/h5,7,9,13-16,22,25H,3-4,6,8,10H2,1-2H3,(H,23,24)/t13?,14?,15?,16?,18-,19-,20-/m0/s1. The van der Waals surface area contributed by atoms with Crippen LogP contribution in [0.25, 0.3) is 0 Å². The molecular weight excluding hydrogens is 320 g/mol. The van der Waals surface area contributed by atoms with Crippen molar-refractivity contribution in [1.29, 1.82) is 0 Å². The zero-order chi connectivity index (χ0) is 18.2. The van der Waals surface area contributed by atoms with Gasteiger partial charge >= 0.3 is 5.97 Å². The molecule has 3 N–H and O–H groups in total. The fourth-order valence-electron chi connectivity index (χ4n) is 6.68. The van der Waals surface area contributed by atoms with Crippen LogP contribution >= 0.6 is 0 Å². The van der Waals surface area contributed by atoms with E-state index in [-0.39, 0.29) is 41.8 Å². The van der Waals surface area contributed by atoms with Gasteiger partial charge in [0.1, 0.15) is 0 Å². The highest BCUT2D eigenvalue weighted by atomic mass is 16.4. The highest BCUT2D eigenvalue weighted by Gasteiger charge is 2.68. The van der Waals surface area contributed by atoms with Crippen LogP contribution < -0.4 is 0 Å². The summed E-state index contributed by atoms with van der Waals surface area (Å²) in [5.41, 5.74) is -1.86. The minimum atomic E-state index is -1.76.